The Labute approximate surface area is 311 Å². The fraction of sp³-hybridized carbons (Fsp3) is 0.846. The zero-order valence-electron chi connectivity index (χ0n) is 32.4. The molecule has 13 heteroatoms. The first-order valence-corrected chi connectivity index (χ1v) is 19.8. The molecule has 1 N–H and O–H groups in total. The van der Waals surface area contributed by atoms with Crippen LogP contribution in [-0.4, -0.2) is 86.2 Å². The molecule has 0 aliphatic heterocycles. The molecule has 0 spiro atoms. The fourth-order valence-corrected chi connectivity index (χ4v) is 4.93. The normalized spacial score (nSPS) is 11.1. The lowest BCUT2D eigenvalue weighted by Crippen LogP contribution is -2.45. The SMILES string of the molecule is CCCCCCC(=O)OCCCCOC(=O)CC(O)(CC(=O)OCCCCOC(=O)CCCCCC)C(=O)OCCCCOC(=O)CCCCCC. The molecule has 0 aromatic rings. The van der Waals surface area contributed by atoms with Crippen LogP contribution >= 0.6 is 0 Å². The van der Waals surface area contributed by atoms with Crippen molar-refractivity contribution in [1.82, 2.24) is 0 Å². The first-order chi connectivity index (χ1) is 25.1. The molecule has 0 atom stereocenters. The second kappa shape index (κ2) is 33.6. The molecule has 302 valence electrons. The minimum atomic E-state index is -2.53. The van der Waals surface area contributed by atoms with Gasteiger partial charge in [-0.2, -0.15) is 0 Å². The van der Waals surface area contributed by atoms with Gasteiger partial charge in [0.1, 0.15) is 0 Å². The monoisotopic (exact) mass is 744 g/mol. The number of hydrogen-bond acceptors (Lipinski definition) is 13. The van der Waals surface area contributed by atoms with Gasteiger partial charge < -0.3 is 33.5 Å². The summed E-state index contributed by atoms with van der Waals surface area (Å²) >= 11 is 0. The van der Waals surface area contributed by atoms with E-state index in [1.54, 1.807) is 0 Å². The minimum Gasteiger partial charge on any atom is -0.466 e. The molecule has 0 aliphatic rings. The van der Waals surface area contributed by atoms with Crippen LogP contribution in [0.1, 0.15) is 168 Å². The molecule has 0 bridgehead atoms. The van der Waals surface area contributed by atoms with Crippen molar-refractivity contribution in [2.45, 2.75) is 174 Å². The number of hydrogen-bond donors (Lipinski definition) is 1. The van der Waals surface area contributed by atoms with E-state index in [1.807, 2.05) is 0 Å². The molecule has 52 heavy (non-hydrogen) atoms. The maximum Gasteiger partial charge on any atom is 0.339 e. The Morgan fingerprint density at radius 2 is 0.635 bits per heavy atom. The van der Waals surface area contributed by atoms with E-state index >= 15 is 0 Å². The number of esters is 6. The van der Waals surface area contributed by atoms with Gasteiger partial charge in [-0.3, -0.25) is 24.0 Å². The first kappa shape index (κ1) is 48.8. The Balaban J connectivity index is 4.74. The molecule has 0 fully saturated rings. The second-order valence-electron chi connectivity index (χ2n) is 13.2. The van der Waals surface area contributed by atoms with Crippen molar-refractivity contribution in [2.75, 3.05) is 39.6 Å². The molecule has 0 aromatic heterocycles. The average Bonchev–Trinajstić information content (AvgIpc) is 3.11. The lowest BCUT2D eigenvalue weighted by Gasteiger charge is -2.24. The third-order valence-electron chi connectivity index (χ3n) is 8.12. The number of rotatable bonds is 35. The van der Waals surface area contributed by atoms with Gasteiger partial charge in [0.2, 0.25) is 0 Å². The van der Waals surface area contributed by atoms with Crippen LogP contribution < -0.4 is 0 Å². The van der Waals surface area contributed by atoms with E-state index in [4.69, 9.17) is 28.4 Å². The Hall–Kier alpha value is -3.22. The van der Waals surface area contributed by atoms with Crippen molar-refractivity contribution in [1.29, 1.82) is 0 Å². The summed E-state index contributed by atoms with van der Waals surface area (Å²) < 4.78 is 31.1. The van der Waals surface area contributed by atoms with Crippen LogP contribution in [-0.2, 0) is 57.2 Å². The summed E-state index contributed by atoms with van der Waals surface area (Å²) in [6, 6.07) is 0. The zero-order valence-corrected chi connectivity index (χ0v) is 32.4. The molecular weight excluding hydrogens is 676 g/mol. The van der Waals surface area contributed by atoms with Crippen LogP contribution in [0.15, 0.2) is 0 Å². The molecule has 0 saturated carbocycles. The number of aliphatic hydroxyl groups is 1. The summed E-state index contributed by atoms with van der Waals surface area (Å²) in [7, 11) is 0. The Kier molecular flexibility index (Phi) is 31.5. The van der Waals surface area contributed by atoms with Crippen molar-refractivity contribution >= 4 is 35.8 Å². The Bertz CT molecular complexity index is 931. The van der Waals surface area contributed by atoms with Gasteiger partial charge in [0, 0.05) is 19.3 Å². The summed E-state index contributed by atoms with van der Waals surface area (Å²) in [6.07, 6.45) is 13.6. The van der Waals surface area contributed by atoms with Crippen LogP contribution in [0.3, 0.4) is 0 Å². The number of carbonyl (C=O) groups is 6. The number of unbranched alkanes of at least 4 members (excludes halogenated alkanes) is 12. The topological polar surface area (TPSA) is 178 Å². The minimum absolute atomic E-state index is 0.0386. The van der Waals surface area contributed by atoms with Crippen molar-refractivity contribution in [3.05, 3.63) is 0 Å². The summed E-state index contributed by atoms with van der Waals surface area (Å²) in [5.41, 5.74) is -2.53. The third kappa shape index (κ3) is 29.4. The van der Waals surface area contributed by atoms with Gasteiger partial charge in [-0.15, -0.1) is 0 Å². The van der Waals surface area contributed by atoms with Gasteiger partial charge in [0.05, 0.1) is 52.5 Å². The largest absolute Gasteiger partial charge is 0.466 e. The van der Waals surface area contributed by atoms with E-state index in [2.05, 4.69) is 20.8 Å². The predicted octanol–water partition coefficient (Wildman–Crippen LogP) is 7.01. The molecule has 0 unspecified atom stereocenters. The molecule has 0 heterocycles. The van der Waals surface area contributed by atoms with E-state index < -0.39 is 36.4 Å². The van der Waals surface area contributed by atoms with Gasteiger partial charge in [-0.1, -0.05) is 78.6 Å². The Morgan fingerprint density at radius 3 is 0.923 bits per heavy atom. The van der Waals surface area contributed by atoms with Crippen molar-refractivity contribution in [2.24, 2.45) is 0 Å². The maximum absolute atomic E-state index is 13.0. The van der Waals surface area contributed by atoms with Crippen molar-refractivity contribution < 1.29 is 62.3 Å². The van der Waals surface area contributed by atoms with Gasteiger partial charge in [0.25, 0.3) is 0 Å². The lowest BCUT2D eigenvalue weighted by molar-refractivity contribution is -0.178. The van der Waals surface area contributed by atoms with Crippen LogP contribution in [0, 0.1) is 0 Å². The van der Waals surface area contributed by atoms with Gasteiger partial charge in [0.15, 0.2) is 5.60 Å². The van der Waals surface area contributed by atoms with Gasteiger partial charge >= 0.3 is 35.8 Å². The first-order valence-electron chi connectivity index (χ1n) is 19.8. The predicted molar refractivity (Wildman–Crippen MR) is 194 cm³/mol. The van der Waals surface area contributed by atoms with E-state index in [0.717, 1.165) is 77.0 Å². The summed E-state index contributed by atoms with van der Waals surface area (Å²) in [5, 5.41) is 11.2. The second-order valence-corrected chi connectivity index (χ2v) is 13.2. The van der Waals surface area contributed by atoms with Crippen LogP contribution in [0.2, 0.25) is 0 Å². The molecule has 13 nitrogen and oxygen atoms in total. The van der Waals surface area contributed by atoms with E-state index in [-0.39, 0.29) is 57.5 Å². The quantitative estimate of drug-likeness (QED) is 0.0398. The fourth-order valence-electron chi connectivity index (χ4n) is 4.93. The zero-order chi connectivity index (χ0) is 38.7. The maximum atomic E-state index is 13.0. The van der Waals surface area contributed by atoms with Crippen molar-refractivity contribution in [3.63, 3.8) is 0 Å². The number of carbonyl (C=O) groups excluding carboxylic acids is 6. The molecule has 0 saturated heterocycles. The highest BCUT2D eigenvalue weighted by Gasteiger charge is 2.43. The third-order valence-corrected chi connectivity index (χ3v) is 8.12. The molecule has 0 aromatic carbocycles. The van der Waals surface area contributed by atoms with Gasteiger partial charge in [-0.25, -0.2) is 4.79 Å². The Morgan fingerprint density at radius 1 is 0.365 bits per heavy atom. The highest BCUT2D eigenvalue weighted by Crippen LogP contribution is 2.21. The molecule has 0 radical (unpaired) electrons. The van der Waals surface area contributed by atoms with Crippen LogP contribution in [0.5, 0.6) is 0 Å². The molecule has 0 aliphatic carbocycles. The van der Waals surface area contributed by atoms with Crippen LogP contribution in [0.25, 0.3) is 0 Å². The summed E-state index contributed by atoms with van der Waals surface area (Å²) in [6.45, 7) is 6.60. The van der Waals surface area contributed by atoms with E-state index in [0.29, 0.717) is 57.8 Å². The van der Waals surface area contributed by atoms with E-state index in [9.17, 15) is 33.9 Å². The van der Waals surface area contributed by atoms with E-state index in [1.165, 1.54) is 0 Å². The summed E-state index contributed by atoms with van der Waals surface area (Å²) in [4.78, 5) is 73.6. The standard InChI is InChI=1S/C39H68O13/c1-4-7-10-13-22-33(40)47-25-16-18-28-50-36(43)31-39(46,38(45)52-30-21-20-27-49-35(42)24-15-12-9-6-3)32-37(44)51-29-19-17-26-48-34(41)23-14-11-8-5-2/h46H,4-32H2,1-3H3. The molecule has 0 rings (SSSR count). The molecule has 0 amide bonds. The van der Waals surface area contributed by atoms with Gasteiger partial charge in [-0.05, 0) is 57.8 Å². The average molecular weight is 745 g/mol. The smallest absolute Gasteiger partial charge is 0.339 e. The number of ether oxygens (including phenoxy) is 6. The molecular formula is C39H68O13. The van der Waals surface area contributed by atoms with Crippen LogP contribution in [0.4, 0.5) is 0 Å². The highest BCUT2D eigenvalue weighted by atomic mass is 16.6. The lowest BCUT2D eigenvalue weighted by atomic mass is 9.95. The summed E-state index contributed by atoms with van der Waals surface area (Å²) in [5.74, 6) is -3.81. The van der Waals surface area contributed by atoms with Crippen molar-refractivity contribution in [3.8, 4) is 0 Å². The highest BCUT2D eigenvalue weighted by molar-refractivity contribution is 5.90.